The number of hydrogen-bond donors (Lipinski definition) is 6. The summed E-state index contributed by atoms with van der Waals surface area (Å²) in [5.41, 5.74) is 18.9. The molecule has 0 atom stereocenters. The van der Waals surface area contributed by atoms with Crippen LogP contribution in [0.2, 0.25) is 0 Å². The van der Waals surface area contributed by atoms with Crippen LogP contribution in [-0.4, -0.2) is 23.8 Å². The van der Waals surface area contributed by atoms with E-state index in [9.17, 15) is 0 Å². The molecule has 0 unspecified atom stereocenters. The molecule has 0 saturated heterocycles. The fraction of sp³-hybridized carbons (Fsp3) is 0.333. The lowest BCUT2D eigenvalue weighted by molar-refractivity contribution is 0.647. The van der Waals surface area contributed by atoms with E-state index in [1.807, 2.05) is 19.1 Å². The van der Waals surface area contributed by atoms with Gasteiger partial charge in [0.1, 0.15) is 0 Å². The molecule has 0 amide bonds. The van der Waals surface area contributed by atoms with Crippen LogP contribution in [0.25, 0.3) is 0 Å². The molecule has 0 aliphatic carbocycles. The Morgan fingerprint density at radius 2 is 1.83 bits per heavy atom. The molecule has 0 fully saturated rings. The Balaban J connectivity index is 3.12. The monoisotopic (exact) mass is 316 g/mol. The SMILES string of the molecule is C/C(=N/NC(=N)N)c1cc(/C=N/NC(=N)N)cc(CC(C)C)c1. The van der Waals surface area contributed by atoms with E-state index >= 15 is 0 Å². The van der Waals surface area contributed by atoms with Crippen LogP contribution in [0, 0.1) is 16.7 Å². The minimum Gasteiger partial charge on any atom is -0.369 e. The molecular weight excluding hydrogens is 292 g/mol. The van der Waals surface area contributed by atoms with Crippen LogP contribution < -0.4 is 22.3 Å². The number of hydrogen-bond acceptors (Lipinski definition) is 4. The predicted octanol–water partition coefficient (Wildman–Crippen LogP) is 0.909. The summed E-state index contributed by atoms with van der Waals surface area (Å²) in [6, 6.07) is 5.99. The first kappa shape index (κ1) is 18.1. The van der Waals surface area contributed by atoms with Crippen LogP contribution in [0.4, 0.5) is 0 Å². The largest absolute Gasteiger partial charge is 0.369 e. The molecule has 0 spiro atoms. The van der Waals surface area contributed by atoms with E-state index < -0.39 is 0 Å². The van der Waals surface area contributed by atoms with Crippen LogP contribution in [0.15, 0.2) is 28.4 Å². The van der Waals surface area contributed by atoms with Crippen molar-refractivity contribution >= 4 is 23.8 Å². The molecule has 8 nitrogen and oxygen atoms in total. The average Bonchev–Trinajstić information content (AvgIpc) is 2.43. The average molecular weight is 316 g/mol. The van der Waals surface area contributed by atoms with Crippen molar-refractivity contribution in [3.8, 4) is 0 Å². The van der Waals surface area contributed by atoms with Gasteiger partial charge in [0, 0.05) is 0 Å². The predicted molar refractivity (Wildman–Crippen MR) is 94.9 cm³/mol. The summed E-state index contributed by atoms with van der Waals surface area (Å²) in [7, 11) is 0. The Morgan fingerprint density at radius 3 is 2.39 bits per heavy atom. The van der Waals surface area contributed by atoms with Crippen molar-refractivity contribution in [1.82, 2.24) is 10.9 Å². The molecule has 0 aromatic heterocycles. The molecule has 0 saturated carbocycles. The van der Waals surface area contributed by atoms with Crippen LogP contribution in [0.3, 0.4) is 0 Å². The van der Waals surface area contributed by atoms with Gasteiger partial charge in [0.05, 0.1) is 11.9 Å². The summed E-state index contributed by atoms with van der Waals surface area (Å²) in [6.45, 7) is 6.13. The van der Waals surface area contributed by atoms with Crippen molar-refractivity contribution in [2.45, 2.75) is 27.2 Å². The van der Waals surface area contributed by atoms with Crippen molar-refractivity contribution in [3.63, 3.8) is 0 Å². The van der Waals surface area contributed by atoms with Crippen molar-refractivity contribution in [1.29, 1.82) is 10.8 Å². The van der Waals surface area contributed by atoms with Crippen molar-refractivity contribution in [2.24, 2.45) is 27.6 Å². The number of benzene rings is 1. The second-order valence-corrected chi connectivity index (χ2v) is 5.57. The number of nitrogens with zero attached hydrogens (tertiary/aromatic N) is 2. The van der Waals surface area contributed by atoms with Gasteiger partial charge in [0.2, 0.25) is 11.9 Å². The van der Waals surface area contributed by atoms with Gasteiger partial charge >= 0.3 is 0 Å². The van der Waals surface area contributed by atoms with Gasteiger partial charge in [-0.15, -0.1) is 0 Å². The number of guanidine groups is 2. The van der Waals surface area contributed by atoms with Gasteiger partial charge in [-0.1, -0.05) is 19.9 Å². The number of nitrogens with one attached hydrogen (secondary N) is 4. The topological polar surface area (TPSA) is 149 Å². The van der Waals surface area contributed by atoms with Crippen molar-refractivity contribution in [3.05, 3.63) is 34.9 Å². The van der Waals surface area contributed by atoms with E-state index in [0.717, 1.165) is 23.1 Å². The van der Waals surface area contributed by atoms with Crippen LogP contribution in [-0.2, 0) is 6.42 Å². The van der Waals surface area contributed by atoms with E-state index in [4.69, 9.17) is 22.3 Å². The molecular formula is C15H24N8. The minimum atomic E-state index is -0.219. The second-order valence-electron chi connectivity index (χ2n) is 5.57. The zero-order valence-corrected chi connectivity index (χ0v) is 13.6. The van der Waals surface area contributed by atoms with Gasteiger partial charge < -0.3 is 11.5 Å². The highest BCUT2D eigenvalue weighted by molar-refractivity contribution is 6.00. The first-order chi connectivity index (χ1) is 10.8. The summed E-state index contributed by atoms with van der Waals surface area (Å²) in [6.07, 6.45) is 2.52. The minimum absolute atomic E-state index is 0.213. The summed E-state index contributed by atoms with van der Waals surface area (Å²) in [5, 5.41) is 22.2. The summed E-state index contributed by atoms with van der Waals surface area (Å²) >= 11 is 0. The standard InChI is InChI=1S/C15H24N8/c1-9(2)4-11-5-12(8-20-22-14(16)17)7-13(6-11)10(3)21-23-15(18)19/h5-9H,4H2,1-3H3,(H4,16,17,22)(H4,18,19,23)/b20-8+,21-10-. The molecule has 1 aromatic carbocycles. The van der Waals surface area contributed by atoms with Crippen LogP contribution in [0.5, 0.6) is 0 Å². The first-order valence-electron chi connectivity index (χ1n) is 7.19. The molecule has 8 heteroatoms. The summed E-state index contributed by atoms with van der Waals surface area (Å²) < 4.78 is 0. The van der Waals surface area contributed by atoms with Gasteiger partial charge in [-0.25, -0.2) is 10.9 Å². The Bertz CT molecular complexity index is 630. The van der Waals surface area contributed by atoms with E-state index in [1.165, 1.54) is 0 Å². The summed E-state index contributed by atoms with van der Waals surface area (Å²) in [4.78, 5) is 0. The van der Waals surface area contributed by atoms with Crippen LogP contribution >= 0.6 is 0 Å². The highest BCUT2D eigenvalue weighted by Gasteiger charge is 2.05. The molecule has 0 aliphatic rings. The van der Waals surface area contributed by atoms with E-state index in [-0.39, 0.29) is 11.9 Å². The third-order valence-corrected chi connectivity index (χ3v) is 2.82. The Morgan fingerprint density at radius 1 is 1.17 bits per heavy atom. The Hall–Kier alpha value is -2.90. The molecule has 1 rings (SSSR count). The van der Waals surface area contributed by atoms with E-state index in [0.29, 0.717) is 11.6 Å². The number of nitrogens with two attached hydrogens (primary N) is 2. The first-order valence-corrected chi connectivity index (χ1v) is 7.19. The zero-order valence-electron chi connectivity index (χ0n) is 13.6. The van der Waals surface area contributed by atoms with Gasteiger partial charge in [-0.05, 0) is 48.1 Å². The molecule has 124 valence electrons. The van der Waals surface area contributed by atoms with Gasteiger partial charge in [0.25, 0.3) is 0 Å². The Kier molecular flexibility index (Phi) is 6.72. The van der Waals surface area contributed by atoms with Gasteiger partial charge in [-0.3, -0.25) is 10.8 Å². The van der Waals surface area contributed by atoms with Gasteiger partial charge in [0.15, 0.2) is 0 Å². The van der Waals surface area contributed by atoms with E-state index in [1.54, 1.807) is 6.21 Å². The second kappa shape index (κ2) is 8.52. The molecule has 0 heterocycles. The molecule has 23 heavy (non-hydrogen) atoms. The maximum Gasteiger partial charge on any atom is 0.206 e. The highest BCUT2D eigenvalue weighted by Crippen LogP contribution is 2.14. The van der Waals surface area contributed by atoms with Crippen LogP contribution in [0.1, 0.15) is 37.5 Å². The lowest BCUT2D eigenvalue weighted by atomic mass is 9.97. The molecule has 1 aromatic rings. The maximum atomic E-state index is 7.16. The molecule has 0 aliphatic heterocycles. The third-order valence-electron chi connectivity index (χ3n) is 2.82. The van der Waals surface area contributed by atoms with Gasteiger partial charge in [-0.2, -0.15) is 10.2 Å². The molecule has 8 N–H and O–H groups in total. The van der Waals surface area contributed by atoms with E-state index in [2.05, 4.69) is 41.0 Å². The maximum absolute atomic E-state index is 7.16. The fourth-order valence-corrected chi connectivity index (χ4v) is 1.98. The molecule has 0 bridgehead atoms. The summed E-state index contributed by atoms with van der Waals surface area (Å²) in [5.74, 6) is 0.0799. The highest BCUT2D eigenvalue weighted by atomic mass is 15.3. The van der Waals surface area contributed by atoms with Crippen molar-refractivity contribution in [2.75, 3.05) is 0 Å². The third kappa shape index (κ3) is 7.07. The molecule has 0 radical (unpaired) electrons. The lowest BCUT2D eigenvalue weighted by Gasteiger charge is -2.10. The zero-order chi connectivity index (χ0) is 17.4. The van der Waals surface area contributed by atoms with Crippen molar-refractivity contribution < 1.29 is 0 Å². The normalized spacial score (nSPS) is 11.7. The Labute approximate surface area is 136 Å². The lowest BCUT2D eigenvalue weighted by Crippen LogP contribution is -2.26. The number of rotatable bonds is 6. The smallest absolute Gasteiger partial charge is 0.206 e. The quantitative estimate of drug-likeness (QED) is 0.263. The fourth-order valence-electron chi connectivity index (χ4n) is 1.98. The number of hydrazone groups is 2.